The van der Waals surface area contributed by atoms with Crippen molar-refractivity contribution >= 4 is 11.6 Å². The fraction of sp³-hybridized carbons (Fsp3) is 0.719. The number of benzene rings is 1. The number of hydrogen-bond acceptors (Lipinski definition) is 9. The van der Waals surface area contributed by atoms with E-state index in [4.69, 9.17) is 10.5 Å². The number of aryl methyl sites for hydroxylation is 1. The number of aliphatic hydroxyl groups excluding tert-OH is 1. The summed E-state index contributed by atoms with van der Waals surface area (Å²) in [6, 6.07) is 6.79. The molecule has 7 unspecified atom stereocenters. The molecule has 0 bridgehead atoms. The van der Waals surface area contributed by atoms with Gasteiger partial charge in [-0.2, -0.15) is 0 Å². The minimum Gasteiger partial charge on any atom is -0.391 e. The number of piperazine rings is 1. The summed E-state index contributed by atoms with van der Waals surface area (Å²) in [5.41, 5.74) is 9.90. The van der Waals surface area contributed by atoms with Gasteiger partial charge in [0.2, 0.25) is 5.91 Å². The predicted molar refractivity (Wildman–Crippen MR) is 165 cm³/mol. The Morgan fingerprint density at radius 1 is 1.21 bits per heavy atom. The molecule has 0 aromatic heterocycles. The van der Waals surface area contributed by atoms with E-state index in [1.54, 1.807) is 0 Å². The van der Waals surface area contributed by atoms with Crippen LogP contribution in [0.2, 0.25) is 0 Å². The molecule has 3 saturated heterocycles. The van der Waals surface area contributed by atoms with Crippen molar-refractivity contribution in [2.24, 2.45) is 17.1 Å². The second kappa shape index (κ2) is 12.1. The van der Waals surface area contributed by atoms with Crippen molar-refractivity contribution < 1.29 is 14.6 Å². The third-order valence-corrected chi connectivity index (χ3v) is 11.0. The second-order valence-corrected chi connectivity index (χ2v) is 13.5. The Kier molecular flexibility index (Phi) is 8.68. The van der Waals surface area contributed by atoms with Gasteiger partial charge in [0.15, 0.2) is 6.35 Å². The monoisotopic (exact) mass is 581 g/mol. The van der Waals surface area contributed by atoms with Crippen LogP contribution in [-0.4, -0.2) is 122 Å². The zero-order valence-corrected chi connectivity index (χ0v) is 25.7. The number of likely N-dealkylation sites (N-methyl/N-ethyl adjacent to an activating group) is 1. The van der Waals surface area contributed by atoms with Crippen LogP contribution in [0.1, 0.15) is 36.8 Å². The van der Waals surface area contributed by atoms with Gasteiger partial charge in [-0.1, -0.05) is 24.8 Å². The van der Waals surface area contributed by atoms with Gasteiger partial charge >= 0.3 is 0 Å². The molecule has 1 spiro atoms. The van der Waals surface area contributed by atoms with E-state index in [0.717, 1.165) is 45.3 Å². The molecule has 1 saturated carbocycles. The van der Waals surface area contributed by atoms with E-state index in [-0.39, 0.29) is 41.8 Å². The number of anilines is 1. The van der Waals surface area contributed by atoms with Gasteiger partial charge in [-0.15, -0.1) is 0 Å². The fourth-order valence-electron chi connectivity index (χ4n) is 8.84. The first-order valence-electron chi connectivity index (χ1n) is 15.9. The number of amides is 1. The standard InChI is InChI=1S/C32H51N7O3/c1-5-26(40)39-15-14-38(18-24(39)17-33)30-25-11-12-32(16-22-9-6-8-21(2)28(22)37(4)20-32)29(41)27(25)34-31(35-30)42-19-23-10-7-13-36(23)3/h5-6,8-9,23-25,27,29-31,34-35,41H,1,7,10-20,33H2,2-4H3/t23?,24?,25?,27?,29?,30?,31?,32-/m1/s1. The highest BCUT2D eigenvalue weighted by atomic mass is 16.5. The SMILES string of the molecule is C=CC(=O)N1CCN(C2NC(OCC3CCCN3C)NC3C2CC[C@]2(Cc4cccc(C)c4N(C)C2)C3O)CC1CN. The van der Waals surface area contributed by atoms with Crippen LogP contribution < -0.4 is 21.3 Å². The van der Waals surface area contributed by atoms with Gasteiger partial charge in [0.1, 0.15) is 0 Å². The summed E-state index contributed by atoms with van der Waals surface area (Å²) in [7, 11) is 4.34. The summed E-state index contributed by atoms with van der Waals surface area (Å²) in [5, 5.41) is 19.9. The van der Waals surface area contributed by atoms with Gasteiger partial charge < -0.3 is 30.3 Å². The van der Waals surface area contributed by atoms with Crippen molar-refractivity contribution in [2.75, 3.05) is 64.9 Å². The molecular formula is C32H51N7O3. The summed E-state index contributed by atoms with van der Waals surface area (Å²) >= 11 is 0. The molecule has 5 N–H and O–H groups in total. The summed E-state index contributed by atoms with van der Waals surface area (Å²) in [6.07, 6.45) is 5.70. The summed E-state index contributed by atoms with van der Waals surface area (Å²) in [4.78, 5) is 21.6. The fourth-order valence-corrected chi connectivity index (χ4v) is 8.84. The van der Waals surface area contributed by atoms with Gasteiger partial charge in [-0.25, -0.2) is 0 Å². The average Bonchev–Trinajstić information content (AvgIpc) is 3.41. The molecule has 10 heteroatoms. The van der Waals surface area contributed by atoms with Crippen molar-refractivity contribution in [2.45, 2.75) is 75.8 Å². The Morgan fingerprint density at radius 2 is 2.05 bits per heavy atom. The number of carbonyl (C=O) groups is 1. The molecule has 6 rings (SSSR count). The normalized spacial score (nSPS) is 37.5. The quantitative estimate of drug-likeness (QED) is 0.361. The van der Waals surface area contributed by atoms with Gasteiger partial charge in [0.25, 0.3) is 0 Å². The number of carbonyl (C=O) groups excluding carboxylic acids is 1. The van der Waals surface area contributed by atoms with Crippen LogP contribution in [0.4, 0.5) is 5.69 Å². The number of ether oxygens (including phenoxy) is 1. The Bertz CT molecular complexity index is 1150. The summed E-state index contributed by atoms with van der Waals surface area (Å²) in [6.45, 7) is 10.9. The molecule has 1 aliphatic carbocycles. The van der Waals surface area contributed by atoms with E-state index in [2.05, 4.69) is 71.1 Å². The highest BCUT2D eigenvalue weighted by Crippen LogP contribution is 2.49. The Balaban J connectivity index is 1.25. The van der Waals surface area contributed by atoms with Crippen molar-refractivity contribution in [3.05, 3.63) is 42.0 Å². The van der Waals surface area contributed by atoms with E-state index in [9.17, 15) is 9.90 Å². The highest BCUT2D eigenvalue weighted by molar-refractivity contribution is 5.87. The van der Waals surface area contributed by atoms with Gasteiger partial charge in [0.05, 0.1) is 24.9 Å². The van der Waals surface area contributed by atoms with E-state index >= 15 is 0 Å². The molecule has 0 radical (unpaired) electrons. The molecular weight excluding hydrogens is 530 g/mol. The number of nitrogens with zero attached hydrogens (tertiary/aromatic N) is 4. The number of rotatable bonds is 6. The maximum atomic E-state index is 12.5. The molecule has 4 aliphatic heterocycles. The van der Waals surface area contributed by atoms with E-state index in [0.29, 0.717) is 32.3 Å². The lowest BCUT2D eigenvalue weighted by Crippen LogP contribution is -2.76. The van der Waals surface area contributed by atoms with Crippen molar-refractivity contribution in [1.29, 1.82) is 0 Å². The smallest absolute Gasteiger partial charge is 0.246 e. The molecule has 1 aromatic rings. The largest absolute Gasteiger partial charge is 0.391 e. The van der Waals surface area contributed by atoms with Gasteiger partial charge in [-0.3, -0.25) is 20.3 Å². The first kappa shape index (κ1) is 30.0. The number of para-hydroxylation sites is 1. The maximum absolute atomic E-state index is 12.5. The number of nitrogens with one attached hydrogen (secondary N) is 2. The van der Waals surface area contributed by atoms with Crippen LogP contribution in [0.5, 0.6) is 0 Å². The molecule has 4 heterocycles. The number of aliphatic hydroxyl groups is 1. The minimum atomic E-state index is -0.522. The summed E-state index contributed by atoms with van der Waals surface area (Å²) in [5.74, 6) is 0.138. The van der Waals surface area contributed by atoms with Crippen LogP contribution in [0.25, 0.3) is 0 Å². The van der Waals surface area contributed by atoms with Crippen LogP contribution in [0.3, 0.4) is 0 Å². The van der Waals surface area contributed by atoms with Crippen molar-refractivity contribution in [3.8, 4) is 0 Å². The first-order chi connectivity index (χ1) is 20.2. The lowest BCUT2D eigenvalue weighted by molar-refractivity contribution is -0.154. The van der Waals surface area contributed by atoms with Gasteiger partial charge in [0, 0.05) is 68.9 Å². The molecule has 42 heavy (non-hydrogen) atoms. The van der Waals surface area contributed by atoms with Crippen LogP contribution in [0.15, 0.2) is 30.9 Å². The molecule has 4 fully saturated rings. The number of hydrogen-bond donors (Lipinski definition) is 4. The first-order valence-corrected chi connectivity index (χ1v) is 15.9. The van der Waals surface area contributed by atoms with Crippen LogP contribution >= 0.6 is 0 Å². The van der Waals surface area contributed by atoms with E-state index in [1.807, 2.05) is 4.90 Å². The predicted octanol–water partition coefficient (Wildman–Crippen LogP) is 0.684. The zero-order chi connectivity index (χ0) is 29.6. The number of nitrogens with two attached hydrogens (primary N) is 1. The lowest BCUT2D eigenvalue weighted by atomic mass is 9.60. The third-order valence-electron chi connectivity index (χ3n) is 11.0. The molecule has 1 aromatic carbocycles. The molecule has 8 atom stereocenters. The Hall–Kier alpha value is -2.05. The average molecular weight is 582 g/mol. The minimum absolute atomic E-state index is 0.0143. The lowest BCUT2D eigenvalue weighted by Gasteiger charge is -2.59. The Morgan fingerprint density at radius 3 is 2.79 bits per heavy atom. The maximum Gasteiger partial charge on any atom is 0.246 e. The third kappa shape index (κ3) is 5.40. The van der Waals surface area contributed by atoms with Crippen LogP contribution in [-0.2, 0) is 16.0 Å². The number of likely N-dealkylation sites (tertiary alicyclic amines) is 1. The van der Waals surface area contributed by atoms with Crippen LogP contribution in [0, 0.1) is 18.3 Å². The molecule has 10 nitrogen and oxygen atoms in total. The number of fused-ring (bicyclic) bond motifs is 2. The van der Waals surface area contributed by atoms with Crippen molar-refractivity contribution in [3.63, 3.8) is 0 Å². The molecule has 1 amide bonds. The summed E-state index contributed by atoms with van der Waals surface area (Å²) < 4.78 is 6.54. The molecule has 5 aliphatic rings. The van der Waals surface area contributed by atoms with E-state index in [1.165, 1.54) is 29.3 Å². The van der Waals surface area contributed by atoms with E-state index < -0.39 is 6.10 Å². The highest BCUT2D eigenvalue weighted by Gasteiger charge is 2.56. The van der Waals surface area contributed by atoms with Crippen molar-refractivity contribution in [1.82, 2.24) is 25.3 Å². The molecule has 232 valence electrons. The Labute approximate surface area is 251 Å². The topological polar surface area (TPSA) is 110 Å². The zero-order valence-electron chi connectivity index (χ0n) is 25.7. The second-order valence-electron chi connectivity index (χ2n) is 13.5. The van der Waals surface area contributed by atoms with Gasteiger partial charge in [-0.05, 0) is 69.8 Å².